The number of carbonyl (C=O) groups is 1. The van der Waals surface area contributed by atoms with Crippen molar-refractivity contribution < 1.29 is 9.21 Å². The van der Waals surface area contributed by atoms with Gasteiger partial charge in [0.05, 0.1) is 12.9 Å². The number of furan rings is 1. The van der Waals surface area contributed by atoms with Gasteiger partial charge in [0.1, 0.15) is 11.6 Å². The standard InChI is InChI=1S/C16H18N6O3/c23-15(13-3-2-12(25-13)9-21-8-6-17-10-21)18-11-1-4-14-19-20-16(24)22(14)7-5-11/h2-3,6,8,10-11H,1,4-5,7,9H2,(H,18,23)(H,20,24). The molecule has 1 aliphatic rings. The van der Waals surface area contributed by atoms with Crippen molar-refractivity contribution in [1.82, 2.24) is 29.6 Å². The van der Waals surface area contributed by atoms with Crippen molar-refractivity contribution >= 4 is 5.91 Å². The van der Waals surface area contributed by atoms with Gasteiger partial charge in [0.15, 0.2) is 5.76 Å². The normalized spacial score (nSPS) is 17.0. The number of aromatic amines is 1. The van der Waals surface area contributed by atoms with E-state index in [1.165, 1.54) is 0 Å². The molecule has 1 aliphatic heterocycles. The highest BCUT2D eigenvalue weighted by atomic mass is 16.4. The maximum absolute atomic E-state index is 12.4. The van der Waals surface area contributed by atoms with E-state index in [2.05, 4.69) is 20.5 Å². The van der Waals surface area contributed by atoms with Crippen molar-refractivity contribution in [1.29, 1.82) is 0 Å². The Hall–Kier alpha value is -3.10. The fourth-order valence-electron chi connectivity index (χ4n) is 3.05. The zero-order valence-corrected chi connectivity index (χ0v) is 13.5. The second kappa shape index (κ2) is 6.42. The van der Waals surface area contributed by atoms with Crippen LogP contribution in [-0.2, 0) is 19.5 Å². The average Bonchev–Trinajstić information content (AvgIpc) is 3.31. The lowest BCUT2D eigenvalue weighted by molar-refractivity contribution is 0.0903. The first kappa shape index (κ1) is 15.4. The fourth-order valence-corrected chi connectivity index (χ4v) is 3.05. The summed E-state index contributed by atoms with van der Waals surface area (Å²) in [4.78, 5) is 28.0. The summed E-state index contributed by atoms with van der Waals surface area (Å²) in [6.07, 6.45) is 7.28. The van der Waals surface area contributed by atoms with E-state index in [0.29, 0.717) is 31.7 Å². The Labute approximate surface area is 142 Å². The van der Waals surface area contributed by atoms with Gasteiger partial charge in [-0.05, 0) is 25.0 Å². The van der Waals surface area contributed by atoms with Crippen molar-refractivity contribution in [2.75, 3.05) is 0 Å². The van der Waals surface area contributed by atoms with Crippen LogP contribution in [-0.4, -0.2) is 36.3 Å². The topological polar surface area (TPSA) is 111 Å². The monoisotopic (exact) mass is 342 g/mol. The first-order chi connectivity index (χ1) is 12.2. The number of amides is 1. The van der Waals surface area contributed by atoms with E-state index in [1.54, 1.807) is 29.2 Å². The number of imidazole rings is 1. The van der Waals surface area contributed by atoms with E-state index in [1.807, 2.05) is 10.8 Å². The fraction of sp³-hybridized carbons (Fsp3) is 0.375. The molecule has 1 atom stereocenters. The van der Waals surface area contributed by atoms with E-state index in [0.717, 1.165) is 12.2 Å². The van der Waals surface area contributed by atoms with Gasteiger partial charge < -0.3 is 14.3 Å². The van der Waals surface area contributed by atoms with E-state index in [-0.39, 0.29) is 23.4 Å². The molecule has 9 nitrogen and oxygen atoms in total. The summed E-state index contributed by atoms with van der Waals surface area (Å²) in [5, 5.41) is 9.46. The zero-order chi connectivity index (χ0) is 17.2. The summed E-state index contributed by atoms with van der Waals surface area (Å²) in [5.41, 5.74) is -0.197. The minimum atomic E-state index is -0.240. The Kier molecular flexibility index (Phi) is 3.96. The van der Waals surface area contributed by atoms with Crippen molar-refractivity contribution in [2.24, 2.45) is 0 Å². The highest BCUT2D eigenvalue weighted by Gasteiger charge is 2.22. The molecule has 2 N–H and O–H groups in total. The summed E-state index contributed by atoms with van der Waals surface area (Å²) in [6.45, 7) is 1.07. The summed E-state index contributed by atoms with van der Waals surface area (Å²) in [6, 6.07) is 3.45. The zero-order valence-electron chi connectivity index (χ0n) is 13.5. The molecular weight excluding hydrogens is 324 g/mol. The molecule has 0 saturated carbocycles. The van der Waals surface area contributed by atoms with E-state index >= 15 is 0 Å². The molecule has 4 rings (SSSR count). The minimum Gasteiger partial charge on any atom is -0.454 e. The Balaban J connectivity index is 1.37. The third kappa shape index (κ3) is 3.25. The number of fused-ring (bicyclic) bond motifs is 1. The van der Waals surface area contributed by atoms with Gasteiger partial charge in [-0.3, -0.25) is 9.36 Å². The van der Waals surface area contributed by atoms with Gasteiger partial charge >= 0.3 is 5.69 Å². The van der Waals surface area contributed by atoms with Crippen LogP contribution >= 0.6 is 0 Å². The van der Waals surface area contributed by atoms with Crippen LogP contribution in [0.5, 0.6) is 0 Å². The van der Waals surface area contributed by atoms with Gasteiger partial charge in [-0.1, -0.05) is 0 Å². The predicted octanol–water partition coefficient (Wildman–Crippen LogP) is 0.544. The molecule has 0 spiro atoms. The van der Waals surface area contributed by atoms with Gasteiger partial charge in [-0.25, -0.2) is 14.9 Å². The number of carbonyl (C=O) groups excluding carboxylic acids is 1. The quantitative estimate of drug-likeness (QED) is 0.719. The highest BCUT2D eigenvalue weighted by Crippen LogP contribution is 2.14. The van der Waals surface area contributed by atoms with Crippen LogP contribution in [0.15, 0.2) is 40.1 Å². The molecule has 0 aliphatic carbocycles. The van der Waals surface area contributed by atoms with Crippen molar-refractivity contribution in [3.8, 4) is 0 Å². The molecule has 0 aromatic carbocycles. The van der Waals surface area contributed by atoms with E-state index < -0.39 is 0 Å². The second-order valence-electron chi connectivity index (χ2n) is 6.10. The first-order valence-electron chi connectivity index (χ1n) is 8.18. The predicted molar refractivity (Wildman–Crippen MR) is 87.1 cm³/mol. The molecule has 0 radical (unpaired) electrons. The largest absolute Gasteiger partial charge is 0.454 e. The average molecular weight is 342 g/mol. The van der Waals surface area contributed by atoms with Crippen LogP contribution in [0.3, 0.4) is 0 Å². The van der Waals surface area contributed by atoms with Crippen LogP contribution in [0.25, 0.3) is 0 Å². The number of hydrogen-bond donors (Lipinski definition) is 2. The highest BCUT2D eigenvalue weighted by molar-refractivity contribution is 5.91. The maximum atomic E-state index is 12.4. The summed E-state index contributed by atoms with van der Waals surface area (Å²) < 4.78 is 9.12. The lowest BCUT2D eigenvalue weighted by atomic mass is 10.1. The third-order valence-electron chi connectivity index (χ3n) is 4.37. The molecule has 1 unspecified atom stereocenters. The number of aryl methyl sites for hydroxylation is 1. The number of H-pyrrole nitrogens is 1. The first-order valence-corrected chi connectivity index (χ1v) is 8.18. The number of aromatic nitrogens is 5. The molecule has 25 heavy (non-hydrogen) atoms. The van der Waals surface area contributed by atoms with Crippen LogP contribution < -0.4 is 11.0 Å². The van der Waals surface area contributed by atoms with Crippen molar-refractivity contribution in [2.45, 2.75) is 38.4 Å². The van der Waals surface area contributed by atoms with Gasteiger partial charge in [0.25, 0.3) is 5.91 Å². The van der Waals surface area contributed by atoms with Crippen molar-refractivity contribution in [3.63, 3.8) is 0 Å². The van der Waals surface area contributed by atoms with Crippen LogP contribution in [0.1, 0.15) is 35.0 Å². The Morgan fingerprint density at radius 2 is 2.32 bits per heavy atom. The van der Waals surface area contributed by atoms with Gasteiger partial charge in [-0.2, -0.15) is 5.10 Å². The van der Waals surface area contributed by atoms with Crippen LogP contribution in [0.2, 0.25) is 0 Å². The maximum Gasteiger partial charge on any atom is 0.343 e. The molecule has 3 aromatic rings. The third-order valence-corrected chi connectivity index (χ3v) is 4.37. The van der Waals surface area contributed by atoms with E-state index in [4.69, 9.17) is 4.42 Å². The smallest absolute Gasteiger partial charge is 0.343 e. The molecule has 0 bridgehead atoms. The molecule has 130 valence electrons. The molecule has 0 fully saturated rings. The molecule has 4 heterocycles. The molecular formula is C16H18N6O3. The van der Waals surface area contributed by atoms with Gasteiger partial charge in [0, 0.05) is 31.4 Å². The molecule has 3 aromatic heterocycles. The van der Waals surface area contributed by atoms with Crippen molar-refractivity contribution in [3.05, 3.63) is 58.7 Å². The lowest BCUT2D eigenvalue weighted by Crippen LogP contribution is -2.35. The van der Waals surface area contributed by atoms with Gasteiger partial charge in [-0.15, -0.1) is 0 Å². The lowest BCUT2D eigenvalue weighted by Gasteiger charge is -2.14. The minimum absolute atomic E-state index is 0.0178. The molecule has 1 amide bonds. The number of rotatable bonds is 4. The summed E-state index contributed by atoms with van der Waals surface area (Å²) >= 11 is 0. The molecule has 9 heteroatoms. The van der Waals surface area contributed by atoms with E-state index in [9.17, 15) is 9.59 Å². The molecule has 0 saturated heterocycles. The van der Waals surface area contributed by atoms with Crippen LogP contribution in [0, 0.1) is 0 Å². The van der Waals surface area contributed by atoms with Gasteiger partial charge in [0.2, 0.25) is 0 Å². The number of nitrogens with zero attached hydrogens (tertiary/aromatic N) is 4. The Morgan fingerprint density at radius 3 is 3.16 bits per heavy atom. The summed E-state index contributed by atoms with van der Waals surface area (Å²) in [5.74, 6) is 1.48. The SMILES string of the molecule is O=C(NC1CCc2n[nH]c(=O)n2CC1)c1ccc(Cn2ccnc2)o1. The number of hydrogen-bond acceptors (Lipinski definition) is 5. The number of nitrogens with one attached hydrogen (secondary N) is 2. The Bertz CT molecular complexity index is 920. The van der Waals surface area contributed by atoms with Crippen LogP contribution in [0.4, 0.5) is 0 Å². The Morgan fingerprint density at radius 1 is 1.40 bits per heavy atom. The summed E-state index contributed by atoms with van der Waals surface area (Å²) in [7, 11) is 0. The second-order valence-corrected chi connectivity index (χ2v) is 6.10.